The van der Waals surface area contributed by atoms with E-state index in [1.165, 1.54) is 49.0 Å². The van der Waals surface area contributed by atoms with E-state index in [9.17, 15) is 0 Å². The average molecular weight is 257 g/mol. The number of aromatic nitrogens is 2. The van der Waals surface area contributed by atoms with Gasteiger partial charge in [-0.2, -0.15) is 0 Å². The number of hydrogen-bond donors (Lipinski definition) is 1. The number of nitrogens with two attached hydrogens (primary N) is 1. The SMILES string of the molecule is CCCCCc1nc2cc(CN)ccc2n1C1CC1. The van der Waals surface area contributed by atoms with Crippen molar-refractivity contribution in [3.05, 3.63) is 29.6 Å². The summed E-state index contributed by atoms with van der Waals surface area (Å²) in [5.41, 5.74) is 9.32. The van der Waals surface area contributed by atoms with Gasteiger partial charge in [-0.05, 0) is 37.0 Å². The van der Waals surface area contributed by atoms with Crippen molar-refractivity contribution in [2.75, 3.05) is 0 Å². The lowest BCUT2D eigenvalue weighted by atomic mass is 10.2. The molecule has 1 fully saturated rings. The summed E-state index contributed by atoms with van der Waals surface area (Å²) in [6, 6.07) is 7.19. The third-order valence-corrected chi connectivity index (χ3v) is 3.98. The molecule has 0 spiro atoms. The molecule has 2 N–H and O–H groups in total. The maximum Gasteiger partial charge on any atom is 0.110 e. The summed E-state index contributed by atoms with van der Waals surface area (Å²) in [6.07, 6.45) is 7.53. The molecule has 1 aliphatic rings. The Morgan fingerprint density at radius 1 is 1.32 bits per heavy atom. The summed E-state index contributed by atoms with van der Waals surface area (Å²) in [7, 11) is 0. The van der Waals surface area contributed by atoms with Gasteiger partial charge in [-0.1, -0.05) is 25.8 Å². The molecule has 1 aliphatic carbocycles. The molecule has 1 saturated carbocycles. The number of fused-ring (bicyclic) bond motifs is 1. The first-order valence-electron chi connectivity index (χ1n) is 7.53. The molecule has 0 unspecified atom stereocenters. The summed E-state index contributed by atoms with van der Waals surface area (Å²) < 4.78 is 2.48. The van der Waals surface area contributed by atoms with Crippen LogP contribution in [0.3, 0.4) is 0 Å². The minimum absolute atomic E-state index is 0.595. The predicted octanol–water partition coefficient (Wildman–Crippen LogP) is 3.56. The summed E-state index contributed by atoms with van der Waals surface area (Å²) >= 11 is 0. The second-order valence-electron chi connectivity index (χ2n) is 5.61. The minimum Gasteiger partial charge on any atom is -0.326 e. The van der Waals surface area contributed by atoms with Gasteiger partial charge in [-0.25, -0.2) is 4.98 Å². The number of unbranched alkanes of at least 4 members (excludes halogenated alkanes) is 2. The van der Waals surface area contributed by atoms with Gasteiger partial charge in [0.2, 0.25) is 0 Å². The average Bonchev–Trinajstić information content (AvgIpc) is 3.20. The Balaban J connectivity index is 1.97. The van der Waals surface area contributed by atoms with Crippen LogP contribution < -0.4 is 5.73 Å². The normalized spacial score (nSPS) is 15.3. The highest BCUT2D eigenvalue weighted by Gasteiger charge is 2.27. The van der Waals surface area contributed by atoms with Gasteiger partial charge in [0, 0.05) is 19.0 Å². The van der Waals surface area contributed by atoms with Crippen molar-refractivity contribution in [2.45, 2.75) is 58.0 Å². The Morgan fingerprint density at radius 2 is 2.16 bits per heavy atom. The molecule has 1 aromatic carbocycles. The molecule has 0 bridgehead atoms. The molecule has 0 atom stereocenters. The predicted molar refractivity (Wildman–Crippen MR) is 79.1 cm³/mol. The fraction of sp³-hybridized carbons (Fsp3) is 0.562. The number of benzene rings is 1. The topological polar surface area (TPSA) is 43.8 Å². The molecule has 0 radical (unpaired) electrons. The zero-order valence-corrected chi connectivity index (χ0v) is 11.7. The maximum absolute atomic E-state index is 5.72. The van der Waals surface area contributed by atoms with Crippen molar-refractivity contribution in [3.8, 4) is 0 Å². The van der Waals surface area contributed by atoms with Crippen molar-refractivity contribution >= 4 is 11.0 Å². The van der Waals surface area contributed by atoms with Crippen molar-refractivity contribution in [3.63, 3.8) is 0 Å². The second kappa shape index (κ2) is 5.33. The van der Waals surface area contributed by atoms with Gasteiger partial charge in [0.1, 0.15) is 5.82 Å². The summed E-state index contributed by atoms with van der Waals surface area (Å²) in [6.45, 7) is 2.84. The summed E-state index contributed by atoms with van der Waals surface area (Å²) in [5, 5.41) is 0. The van der Waals surface area contributed by atoms with Gasteiger partial charge in [0.25, 0.3) is 0 Å². The number of rotatable bonds is 6. The van der Waals surface area contributed by atoms with Crippen molar-refractivity contribution in [1.29, 1.82) is 0 Å². The van der Waals surface area contributed by atoms with Crippen LogP contribution in [-0.2, 0) is 13.0 Å². The number of aryl methyl sites for hydroxylation is 1. The molecule has 1 aromatic heterocycles. The molecule has 2 aromatic rings. The van der Waals surface area contributed by atoms with E-state index in [2.05, 4.69) is 29.7 Å². The van der Waals surface area contributed by atoms with E-state index in [1.807, 2.05) is 0 Å². The van der Waals surface area contributed by atoms with E-state index in [4.69, 9.17) is 10.7 Å². The van der Waals surface area contributed by atoms with Crippen LogP contribution in [0.1, 0.15) is 56.5 Å². The van der Waals surface area contributed by atoms with Crippen LogP contribution in [0.25, 0.3) is 11.0 Å². The lowest BCUT2D eigenvalue weighted by molar-refractivity contribution is 0.642. The number of imidazole rings is 1. The molecule has 0 aliphatic heterocycles. The van der Waals surface area contributed by atoms with Crippen LogP contribution >= 0.6 is 0 Å². The fourth-order valence-electron chi connectivity index (χ4n) is 2.77. The molecule has 1 heterocycles. The largest absolute Gasteiger partial charge is 0.326 e. The molecular formula is C16H23N3. The quantitative estimate of drug-likeness (QED) is 0.804. The van der Waals surface area contributed by atoms with Crippen LogP contribution in [0.5, 0.6) is 0 Å². The molecule has 19 heavy (non-hydrogen) atoms. The van der Waals surface area contributed by atoms with E-state index < -0.39 is 0 Å². The van der Waals surface area contributed by atoms with E-state index in [-0.39, 0.29) is 0 Å². The molecular weight excluding hydrogens is 234 g/mol. The van der Waals surface area contributed by atoms with Crippen LogP contribution in [0.4, 0.5) is 0 Å². The van der Waals surface area contributed by atoms with Crippen LogP contribution in [0.15, 0.2) is 18.2 Å². The molecule has 102 valence electrons. The van der Waals surface area contributed by atoms with Crippen LogP contribution in [-0.4, -0.2) is 9.55 Å². The third-order valence-electron chi connectivity index (χ3n) is 3.98. The maximum atomic E-state index is 5.72. The Kier molecular flexibility index (Phi) is 3.56. The Labute approximate surface area is 114 Å². The highest BCUT2D eigenvalue weighted by atomic mass is 15.1. The monoisotopic (exact) mass is 257 g/mol. The Hall–Kier alpha value is -1.35. The molecule has 0 saturated heterocycles. The molecule has 3 heteroatoms. The standard InChI is InChI=1S/C16H23N3/c1-2-3-4-5-16-18-14-10-12(11-17)6-9-15(14)19(16)13-7-8-13/h6,9-10,13H,2-5,7-8,11,17H2,1H3. The lowest BCUT2D eigenvalue weighted by Gasteiger charge is -2.07. The van der Waals surface area contributed by atoms with E-state index in [1.54, 1.807) is 0 Å². The Morgan fingerprint density at radius 3 is 2.84 bits per heavy atom. The van der Waals surface area contributed by atoms with Gasteiger partial charge in [-0.3, -0.25) is 0 Å². The zero-order chi connectivity index (χ0) is 13.2. The first-order valence-corrected chi connectivity index (χ1v) is 7.53. The zero-order valence-electron chi connectivity index (χ0n) is 11.7. The third kappa shape index (κ3) is 2.52. The van der Waals surface area contributed by atoms with Gasteiger partial charge < -0.3 is 10.3 Å². The smallest absolute Gasteiger partial charge is 0.110 e. The number of hydrogen-bond acceptors (Lipinski definition) is 2. The van der Waals surface area contributed by atoms with Gasteiger partial charge in [0.15, 0.2) is 0 Å². The summed E-state index contributed by atoms with van der Waals surface area (Å²) in [5.74, 6) is 1.28. The van der Waals surface area contributed by atoms with Crippen molar-refractivity contribution in [1.82, 2.24) is 9.55 Å². The van der Waals surface area contributed by atoms with E-state index in [0.717, 1.165) is 11.9 Å². The van der Waals surface area contributed by atoms with Gasteiger partial charge >= 0.3 is 0 Å². The first kappa shape index (κ1) is 12.7. The van der Waals surface area contributed by atoms with Crippen molar-refractivity contribution < 1.29 is 0 Å². The molecule has 0 amide bonds. The highest BCUT2D eigenvalue weighted by molar-refractivity contribution is 5.77. The minimum atomic E-state index is 0.595. The van der Waals surface area contributed by atoms with Crippen LogP contribution in [0.2, 0.25) is 0 Å². The van der Waals surface area contributed by atoms with Crippen LogP contribution in [0, 0.1) is 0 Å². The lowest BCUT2D eigenvalue weighted by Crippen LogP contribution is -2.01. The molecule has 3 nitrogen and oxygen atoms in total. The van der Waals surface area contributed by atoms with Gasteiger partial charge in [0.05, 0.1) is 11.0 Å². The highest BCUT2D eigenvalue weighted by Crippen LogP contribution is 2.39. The molecule has 3 rings (SSSR count). The van der Waals surface area contributed by atoms with Gasteiger partial charge in [-0.15, -0.1) is 0 Å². The summed E-state index contributed by atoms with van der Waals surface area (Å²) in [4.78, 5) is 4.86. The van der Waals surface area contributed by atoms with E-state index in [0.29, 0.717) is 12.6 Å². The fourth-order valence-corrected chi connectivity index (χ4v) is 2.77. The first-order chi connectivity index (χ1) is 9.33. The second-order valence-corrected chi connectivity index (χ2v) is 5.61. The van der Waals surface area contributed by atoms with Crippen molar-refractivity contribution in [2.24, 2.45) is 5.73 Å². The van der Waals surface area contributed by atoms with E-state index >= 15 is 0 Å². The number of nitrogens with zero attached hydrogens (tertiary/aromatic N) is 2. The Bertz CT molecular complexity index is 567.